The van der Waals surface area contributed by atoms with Gasteiger partial charge in [-0.1, -0.05) is 50.6 Å². The van der Waals surface area contributed by atoms with Gasteiger partial charge in [-0.15, -0.1) is 0 Å². The molecule has 0 heterocycles. The maximum atomic E-state index is 6.28. The van der Waals surface area contributed by atoms with E-state index in [-0.39, 0.29) is 5.41 Å². The van der Waals surface area contributed by atoms with E-state index in [1.807, 2.05) is 12.1 Å². The van der Waals surface area contributed by atoms with Crippen molar-refractivity contribution in [2.45, 2.75) is 33.7 Å². The molecule has 1 N–H and O–H groups in total. The molecule has 19 heavy (non-hydrogen) atoms. The van der Waals surface area contributed by atoms with Gasteiger partial charge in [0.1, 0.15) is 0 Å². The molecule has 3 heteroatoms. The van der Waals surface area contributed by atoms with Gasteiger partial charge >= 0.3 is 0 Å². The molecule has 0 aliphatic carbocycles. The number of nitrogens with zero attached hydrogens (tertiary/aromatic N) is 1. The molecule has 0 bridgehead atoms. The summed E-state index contributed by atoms with van der Waals surface area (Å²) in [6.45, 7) is 12.0. The van der Waals surface area contributed by atoms with E-state index in [4.69, 9.17) is 11.6 Å². The maximum absolute atomic E-state index is 6.28. The second-order valence-corrected chi connectivity index (χ2v) is 6.46. The average molecular weight is 283 g/mol. The van der Waals surface area contributed by atoms with Crippen LogP contribution in [0.1, 0.15) is 39.3 Å². The van der Waals surface area contributed by atoms with Crippen molar-refractivity contribution in [3.63, 3.8) is 0 Å². The highest BCUT2D eigenvalue weighted by atomic mass is 35.5. The maximum Gasteiger partial charge on any atom is 0.0453 e. The van der Waals surface area contributed by atoms with Crippen molar-refractivity contribution in [2.75, 3.05) is 26.7 Å². The minimum absolute atomic E-state index is 0.250. The lowest BCUT2D eigenvalue weighted by atomic mass is 9.91. The number of halogens is 1. The van der Waals surface area contributed by atoms with Crippen molar-refractivity contribution in [1.29, 1.82) is 0 Å². The molecule has 1 unspecified atom stereocenters. The Morgan fingerprint density at radius 2 is 1.95 bits per heavy atom. The Bertz CT molecular complexity index is 390. The van der Waals surface area contributed by atoms with Gasteiger partial charge in [-0.25, -0.2) is 0 Å². The molecule has 0 saturated carbocycles. The summed E-state index contributed by atoms with van der Waals surface area (Å²) in [4.78, 5) is 2.37. The largest absolute Gasteiger partial charge is 0.316 e. The Labute approximate surface area is 123 Å². The van der Waals surface area contributed by atoms with E-state index >= 15 is 0 Å². The number of hydrogen-bond donors (Lipinski definition) is 1. The van der Waals surface area contributed by atoms with Crippen LogP contribution < -0.4 is 5.32 Å². The molecule has 0 spiro atoms. The molecule has 108 valence electrons. The predicted molar refractivity (Wildman–Crippen MR) is 84.8 cm³/mol. The van der Waals surface area contributed by atoms with Crippen molar-refractivity contribution in [2.24, 2.45) is 5.41 Å². The van der Waals surface area contributed by atoms with Gasteiger partial charge in [0.15, 0.2) is 0 Å². The van der Waals surface area contributed by atoms with Gasteiger partial charge in [0.2, 0.25) is 0 Å². The second-order valence-electron chi connectivity index (χ2n) is 6.06. The van der Waals surface area contributed by atoms with Gasteiger partial charge in [-0.2, -0.15) is 0 Å². The summed E-state index contributed by atoms with van der Waals surface area (Å²) in [5, 5.41) is 4.28. The van der Waals surface area contributed by atoms with E-state index in [1.165, 1.54) is 5.56 Å². The van der Waals surface area contributed by atoms with Crippen molar-refractivity contribution in [1.82, 2.24) is 10.2 Å². The van der Waals surface area contributed by atoms with Gasteiger partial charge in [0, 0.05) is 24.2 Å². The lowest BCUT2D eigenvalue weighted by Crippen LogP contribution is -2.39. The normalized spacial score (nSPS) is 13.8. The van der Waals surface area contributed by atoms with Crippen molar-refractivity contribution in [3.8, 4) is 0 Å². The van der Waals surface area contributed by atoms with Crippen LogP contribution in [0.4, 0.5) is 0 Å². The predicted octanol–water partition coefficient (Wildman–Crippen LogP) is 3.97. The smallest absolute Gasteiger partial charge is 0.0453 e. The summed E-state index contributed by atoms with van der Waals surface area (Å²) < 4.78 is 0. The molecule has 2 nitrogen and oxygen atoms in total. The Morgan fingerprint density at radius 1 is 1.32 bits per heavy atom. The Balaban J connectivity index is 2.67. The fourth-order valence-electron chi connectivity index (χ4n) is 2.38. The van der Waals surface area contributed by atoms with Crippen LogP contribution in [0.15, 0.2) is 24.3 Å². The zero-order valence-electron chi connectivity index (χ0n) is 12.8. The van der Waals surface area contributed by atoms with E-state index in [9.17, 15) is 0 Å². The summed E-state index contributed by atoms with van der Waals surface area (Å²) in [5.41, 5.74) is 1.45. The summed E-state index contributed by atoms with van der Waals surface area (Å²) in [6.07, 6.45) is 0. The molecule has 0 aliphatic heterocycles. The van der Waals surface area contributed by atoms with Crippen LogP contribution >= 0.6 is 11.6 Å². The van der Waals surface area contributed by atoms with E-state index < -0.39 is 0 Å². The van der Waals surface area contributed by atoms with Gasteiger partial charge < -0.3 is 5.32 Å². The molecule has 0 saturated heterocycles. The van der Waals surface area contributed by atoms with Crippen LogP contribution in [0.2, 0.25) is 5.02 Å². The minimum atomic E-state index is 0.250. The van der Waals surface area contributed by atoms with E-state index in [1.54, 1.807) is 0 Å². The zero-order chi connectivity index (χ0) is 14.5. The molecule has 1 aromatic rings. The van der Waals surface area contributed by atoms with E-state index in [0.29, 0.717) is 6.04 Å². The van der Waals surface area contributed by atoms with Crippen molar-refractivity contribution in [3.05, 3.63) is 34.9 Å². The summed E-state index contributed by atoms with van der Waals surface area (Å²) >= 11 is 6.28. The highest BCUT2D eigenvalue weighted by molar-refractivity contribution is 6.31. The monoisotopic (exact) mass is 282 g/mol. The molecule has 0 radical (unpaired) electrons. The Hall–Kier alpha value is -0.570. The third kappa shape index (κ3) is 5.13. The topological polar surface area (TPSA) is 15.3 Å². The first-order valence-corrected chi connectivity index (χ1v) is 7.40. The number of hydrogen-bond acceptors (Lipinski definition) is 2. The molecule has 1 rings (SSSR count). The van der Waals surface area contributed by atoms with Gasteiger partial charge in [-0.05, 0) is 37.6 Å². The van der Waals surface area contributed by atoms with E-state index in [0.717, 1.165) is 24.7 Å². The van der Waals surface area contributed by atoms with Crippen LogP contribution in [-0.2, 0) is 0 Å². The van der Waals surface area contributed by atoms with Crippen LogP contribution in [-0.4, -0.2) is 31.6 Å². The first-order valence-electron chi connectivity index (χ1n) is 7.03. The van der Waals surface area contributed by atoms with Gasteiger partial charge in [0.25, 0.3) is 0 Å². The Kier molecular flexibility index (Phi) is 6.31. The highest BCUT2D eigenvalue weighted by Gasteiger charge is 2.23. The highest BCUT2D eigenvalue weighted by Crippen LogP contribution is 2.28. The number of benzene rings is 1. The third-order valence-electron chi connectivity index (χ3n) is 3.55. The molecule has 0 aliphatic rings. The third-order valence-corrected chi connectivity index (χ3v) is 3.89. The second kappa shape index (κ2) is 7.28. The number of rotatable bonds is 7. The van der Waals surface area contributed by atoms with Crippen molar-refractivity contribution >= 4 is 11.6 Å². The average Bonchev–Trinajstić information content (AvgIpc) is 2.35. The minimum Gasteiger partial charge on any atom is -0.316 e. The van der Waals surface area contributed by atoms with Crippen molar-refractivity contribution < 1.29 is 0 Å². The van der Waals surface area contributed by atoms with Crippen LogP contribution in [0.25, 0.3) is 0 Å². The van der Waals surface area contributed by atoms with Crippen LogP contribution in [0, 0.1) is 5.41 Å². The van der Waals surface area contributed by atoms with Crippen LogP contribution in [0.3, 0.4) is 0 Å². The molecule has 1 aromatic carbocycles. The SMILES string of the molecule is CCNCC(C)(C)CN(C)C(C)c1ccccc1Cl. The standard InChI is InChI=1S/C16H27ClN2/c1-6-18-11-16(3,4)12-19(5)13(2)14-9-7-8-10-15(14)17/h7-10,13,18H,6,11-12H2,1-5H3. The van der Waals surface area contributed by atoms with E-state index in [2.05, 4.69) is 57.1 Å². The van der Waals surface area contributed by atoms with Gasteiger partial charge in [0.05, 0.1) is 0 Å². The number of nitrogens with one attached hydrogen (secondary N) is 1. The summed E-state index contributed by atoms with van der Waals surface area (Å²) in [6, 6.07) is 8.43. The fraction of sp³-hybridized carbons (Fsp3) is 0.625. The first-order chi connectivity index (χ1) is 8.87. The quantitative estimate of drug-likeness (QED) is 0.814. The lowest BCUT2D eigenvalue weighted by molar-refractivity contribution is 0.166. The zero-order valence-corrected chi connectivity index (χ0v) is 13.6. The molecule has 0 aromatic heterocycles. The molecular formula is C16H27ClN2. The fourth-order valence-corrected chi connectivity index (χ4v) is 2.68. The Morgan fingerprint density at radius 3 is 2.53 bits per heavy atom. The first kappa shape index (κ1) is 16.5. The van der Waals surface area contributed by atoms with Crippen LogP contribution in [0.5, 0.6) is 0 Å². The molecule has 0 fully saturated rings. The summed E-state index contributed by atoms with van der Waals surface area (Å²) in [5.74, 6) is 0. The molecule has 1 atom stereocenters. The lowest BCUT2D eigenvalue weighted by Gasteiger charge is -2.34. The van der Waals surface area contributed by atoms with Gasteiger partial charge in [-0.3, -0.25) is 4.90 Å². The molecular weight excluding hydrogens is 256 g/mol. The molecule has 0 amide bonds. The summed E-state index contributed by atoms with van der Waals surface area (Å²) in [7, 11) is 2.17.